The average Bonchev–Trinajstić information content (AvgIpc) is 2.87. The molecule has 5 nitrogen and oxygen atoms in total. The van der Waals surface area contributed by atoms with E-state index in [2.05, 4.69) is 14.9 Å². The topological polar surface area (TPSA) is 49.3 Å². The first-order valence-corrected chi connectivity index (χ1v) is 9.05. The third kappa shape index (κ3) is 3.84. The van der Waals surface area contributed by atoms with E-state index in [9.17, 15) is 9.18 Å². The fourth-order valence-electron chi connectivity index (χ4n) is 2.74. The van der Waals surface area contributed by atoms with Crippen molar-refractivity contribution in [3.8, 4) is 0 Å². The van der Waals surface area contributed by atoms with E-state index in [1.807, 2.05) is 6.26 Å². The molecule has 1 amide bonds. The molecule has 0 atom stereocenters. The van der Waals surface area contributed by atoms with Crippen LogP contribution in [0.2, 0.25) is 0 Å². The highest BCUT2D eigenvalue weighted by molar-refractivity contribution is 7.98. The summed E-state index contributed by atoms with van der Waals surface area (Å²) in [5.41, 5.74) is 0.396. The van der Waals surface area contributed by atoms with Crippen molar-refractivity contribution in [2.75, 3.05) is 37.3 Å². The number of amides is 1. The molecule has 2 heterocycles. The van der Waals surface area contributed by atoms with Gasteiger partial charge in [-0.2, -0.15) is 0 Å². The first kappa shape index (κ1) is 16.7. The number of carbonyl (C=O) groups excluding carboxylic acids is 1. The van der Waals surface area contributed by atoms with Gasteiger partial charge in [0.15, 0.2) is 0 Å². The Bertz CT molecular complexity index is 727. The molecule has 1 aromatic carbocycles. The quantitative estimate of drug-likeness (QED) is 0.800. The van der Waals surface area contributed by atoms with E-state index in [4.69, 9.17) is 0 Å². The Balaban J connectivity index is 1.69. The van der Waals surface area contributed by atoms with E-state index in [1.54, 1.807) is 41.2 Å². The number of nitrogens with zero attached hydrogens (tertiary/aromatic N) is 4. The molecule has 0 radical (unpaired) electrons. The van der Waals surface area contributed by atoms with Crippen LogP contribution < -0.4 is 4.90 Å². The van der Waals surface area contributed by atoms with Gasteiger partial charge in [-0.1, -0.05) is 6.07 Å². The van der Waals surface area contributed by atoms with Crippen LogP contribution in [0.5, 0.6) is 0 Å². The summed E-state index contributed by atoms with van der Waals surface area (Å²) in [6, 6.07) is 5.86. The van der Waals surface area contributed by atoms with Gasteiger partial charge in [0.05, 0.1) is 12.4 Å². The molecule has 0 saturated carbocycles. The highest BCUT2D eigenvalue weighted by Crippen LogP contribution is 2.18. The second-order valence-electron chi connectivity index (χ2n) is 5.56. The number of anilines is 1. The zero-order valence-electron chi connectivity index (χ0n) is 13.5. The molecule has 3 rings (SSSR count). The Kier molecular flexibility index (Phi) is 5.30. The van der Waals surface area contributed by atoms with Crippen LogP contribution in [-0.2, 0) is 0 Å². The summed E-state index contributed by atoms with van der Waals surface area (Å²) in [6.07, 6.45) is 6.30. The van der Waals surface area contributed by atoms with Crippen LogP contribution in [0.3, 0.4) is 0 Å². The fraction of sp³-hybridized carbons (Fsp3) is 0.353. The normalized spacial score (nSPS) is 15.2. The van der Waals surface area contributed by atoms with Crippen molar-refractivity contribution in [1.29, 1.82) is 0 Å². The number of carbonyl (C=O) groups is 1. The minimum atomic E-state index is -0.388. The van der Waals surface area contributed by atoms with Crippen LogP contribution in [0.1, 0.15) is 16.8 Å². The van der Waals surface area contributed by atoms with E-state index < -0.39 is 0 Å². The number of benzene rings is 1. The largest absolute Gasteiger partial charge is 0.353 e. The van der Waals surface area contributed by atoms with Crippen LogP contribution in [0.4, 0.5) is 10.2 Å². The van der Waals surface area contributed by atoms with E-state index >= 15 is 0 Å². The van der Waals surface area contributed by atoms with Gasteiger partial charge in [-0.25, -0.2) is 9.37 Å². The van der Waals surface area contributed by atoms with Gasteiger partial charge < -0.3 is 9.80 Å². The molecular formula is C17H19FN4OS. The summed E-state index contributed by atoms with van der Waals surface area (Å²) in [7, 11) is 0. The second-order valence-corrected chi connectivity index (χ2v) is 6.39. The van der Waals surface area contributed by atoms with Crippen LogP contribution in [-0.4, -0.2) is 53.2 Å². The first-order chi connectivity index (χ1) is 11.7. The molecule has 126 valence electrons. The zero-order valence-corrected chi connectivity index (χ0v) is 14.3. The number of aromatic nitrogens is 2. The molecule has 0 bridgehead atoms. The summed E-state index contributed by atoms with van der Waals surface area (Å²) in [4.78, 5) is 25.3. The van der Waals surface area contributed by atoms with Crippen molar-refractivity contribution in [2.24, 2.45) is 0 Å². The molecule has 24 heavy (non-hydrogen) atoms. The molecule has 7 heteroatoms. The standard InChI is InChI=1S/C17H19FN4OS/c1-24-16-12-19-11-15(20-16)21-6-3-7-22(9-8-21)17(23)13-4-2-5-14(18)10-13/h2,4-5,10-12H,3,6-9H2,1H3. The number of halogens is 1. The predicted molar refractivity (Wildman–Crippen MR) is 92.9 cm³/mol. The van der Waals surface area contributed by atoms with E-state index in [0.29, 0.717) is 25.2 Å². The van der Waals surface area contributed by atoms with Crippen LogP contribution in [0.15, 0.2) is 41.7 Å². The molecule has 1 aliphatic rings. The number of rotatable bonds is 3. The highest BCUT2D eigenvalue weighted by Gasteiger charge is 2.21. The second kappa shape index (κ2) is 7.61. The van der Waals surface area contributed by atoms with Crippen molar-refractivity contribution in [1.82, 2.24) is 14.9 Å². The molecule has 0 spiro atoms. The smallest absolute Gasteiger partial charge is 0.254 e. The van der Waals surface area contributed by atoms with Crippen molar-refractivity contribution in [3.63, 3.8) is 0 Å². The molecule has 0 aliphatic carbocycles. The maximum Gasteiger partial charge on any atom is 0.254 e. The molecule has 0 unspecified atom stereocenters. The minimum Gasteiger partial charge on any atom is -0.353 e. The number of thioether (sulfide) groups is 1. The van der Waals surface area contributed by atoms with Gasteiger partial charge in [0.2, 0.25) is 0 Å². The van der Waals surface area contributed by atoms with Gasteiger partial charge in [0.1, 0.15) is 16.7 Å². The van der Waals surface area contributed by atoms with Gasteiger partial charge >= 0.3 is 0 Å². The van der Waals surface area contributed by atoms with Gasteiger partial charge in [0, 0.05) is 31.7 Å². The molecule has 1 aromatic heterocycles. The molecule has 1 aliphatic heterocycles. The lowest BCUT2D eigenvalue weighted by molar-refractivity contribution is 0.0766. The lowest BCUT2D eigenvalue weighted by Gasteiger charge is -2.23. The van der Waals surface area contributed by atoms with E-state index in [-0.39, 0.29) is 11.7 Å². The van der Waals surface area contributed by atoms with Crippen LogP contribution >= 0.6 is 11.8 Å². The van der Waals surface area contributed by atoms with E-state index in [1.165, 1.54) is 12.1 Å². The average molecular weight is 346 g/mol. The van der Waals surface area contributed by atoms with Crippen LogP contribution in [0.25, 0.3) is 0 Å². The SMILES string of the molecule is CSc1cncc(N2CCCN(C(=O)c3cccc(F)c3)CC2)n1. The molecule has 0 N–H and O–H groups in total. The lowest BCUT2D eigenvalue weighted by Crippen LogP contribution is -2.35. The van der Waals surface area contributed by atoms with Crippen LogP contribution in [0, 0.1) is 5.82 Å². The Hall–Kier alpha value is -2.15. The first-order valence-electron chi connectivity index (χ1n) is 7.83. The Morgan fingerprint density at radius 2 is 2.08 bits per heavy atom. The number of hydrogen-bond acceptors (Lipinski definition) is 5. The Morgan fingerprint density at radius 1 is 1.21 bits per heavy atom. The van der Waals surface area contributed by atoms with Gasteiger partial charge in [0.25, 0.3) is 5.91 Å². The van der Waals surface area contributed by atoms with Crippen molar-refractivity contribution in [2.45, 2.75) is 11.4 Å². The summed E-state index contributed by atoms with van der Waals surface area (Å²) in [6.45, 7) is 2.75. The lowest BCUT2D eigenvalue weighted by atomic mass is 10.2. The minimum absolute atomic E-state index is 0.125. The third-order valence-corrected chi connectivity index (χ3v) is 4.60. The molecule has 1 fully saturated rings. The van der Waals surface area contributed by atoms with Gasteiger partial charge in [-0.15, -0.1) is 11.8 Å². The zero-order chi connectivity index (χ0) is 16.9. The fourth-order valence-corrected chi connectivity index (χ4v) is 3.09. The summed E-state index contributed by atoms with van der Waals surface area (Å²) in [5.74, 6) is 0.323. The van der Waals surface area contributed by atoms with Gasteiger partial charge in [-0.05, 0) is 30.9 Å². The highest BCUT2D eigenvalue weighted by atomic mass is 32.2. The van der Waals surface area contributed by atoms with Crippen molar-refractivity contribution < 1.29 is 9.18 Å². The molecule has 1 saturated heterocycles. The molecule has 2 aromatic rings. The third-order valence-electron chi connectivity index (χ3n) is 3.99. The van der Waals surface area contributed by atoms with Crippen molar-refractivity contribution >= 4 is 23.5 Å². The molecular weight excluding hydrogens is 327 g/mol. The monoisotopic (exact) mass is 346 g/mol. The Labute approximate surface area is 144 Å². The summed E-state index contributed by atoms with van der Waals surface area (Å²) >= 11 is 1.56. The van der Waals surface area contributed by atoms with Gasteiger partial charge in [-0.3, -0.25) is 9.78 Å². The predicted octanol–water partition coefficient (Wildman–Crippen LogP) is 2.69. The Morgan fingerprint density at radius 3 is 2.88 bits per heavy atom. The maximum absolute atomic E-state index is 13.3. The van der Waals surface area contributed by atoms with Crippen molar-refractivity contribution in [3.05, 3.63) is 48.0 Å². The number of hydrogen-bond donors (Lipinski definition) is 0. The summed E-state index contributed by atoms with van der Waals surface area (Å²) < 4.78 is 13.3. The maximum atomic E-state index is 13.3. The summed E-state index contributed by atoms with van der Waals surface area (Å²) in [5, 5.41) is 0.879. The van der Waals surface area contributed by atoms with E-state index in [0.717, 1.165) is 23.8 Å².